The van der Waals surface area contributed by atoms with Crippen LogP contribution in [0.25, 0.3) is 0 Å². The van der Waals surface area contributed by atoms with E-state index in [0.717, 1.165) is 30.0 Å². The highest BCUT2D eigenvalue weighted by Crippen LogP contribution is 2.33. The highest BCUT2D eigenvalue weighted by atomic mass is 32.1. The number of aryl methyl sites for hydroxylation is 2. The molecule has 1 saturated heterocycles. The smallest absolute Gasteiger partial charge is 0.413 e. The van der Waals surface area contributed by atoms with Gasteiger partial charge in [0, 0.05) is 17.6 Å². The van der Waals surface area contributed by atoms with Gasteiger partial charge in [-0.05, 0) is 65.5 Å². The molecule has 1 atom stereocenters. The number of nitrogens with zero attached hydrogens (tertiary/aromatic N) is 3. The number of likely N-dealkylation sites (tertiary alicyclic amines) is 1. The van der Waals surface area contributed by atoms with E-state index in [1.165, 1.54) is 17.5 Å². The Hall–Kier alpha value is -3.01. The predicted molar refractivity (Wildman–Crippen MR) is 123 cm³/mol. The number of anilines is 2. The van der Waals surface area contributed by atoms with Crippen molar-refractivity contribution in [1.82, 2.24) is 14.9 Å². The van der Waals surface area contributed by atoms with Gasteiger partial charge in [-0.25, -0.2) is 14.8 Å². The van der Waals surface area contributed by atoms with Crippen LogP contribution < -0.4 is 10.6 Å². The summed E-state index contributed by atoms with van der Waals surface area (Å²) in [6, 6.07) is 1.46. The van der Waals surface area contributed by atoms with Gasteiger partial charge in [0.15, 0.2) is 0 Å². The number of amides is 3. The second-order valence-corrected chi connectivity index (χ2v) is 9.70. The molecule has 0 saturated carbocycles. The molecule has 0 aliphatic carbocycles. The van der Waals surface area contributed by atoms with Crippen molar-refractivity contribution >= 4 is 40.7 Å². The summed E-state index contributed by atoms with van der Waals surface area (Å²) < 4.78 is 5.22. The Morgan fingerprint density at radius 3 is 2.56 bits per heavy atom. The van der Waals surface area contributed by atoms with Crippen LogP contribution in [0.2, 0.25) is 0 Å². The minimum absolute atomic E-state index is 0.180. The molecule has 10 heteroatoms. The van der Waals surface area contributed by atoms with E-state index in [2.05, 4.69) is 20.6 Å². The molecule has 0 spiro atoms. The first-order chi connectivity index (χ1) is 15.0. The molecule has 0 aromatic carbocycles. The Kier molecular flexibility index (Phi) is 7.12. The van der Waals surface area contributed by atoms with Crippen molar-refractivity contribution in [3.8, 4) is 0 Å². The van der Waals surface area contributed by atoms with Crippen molar-refractivity contribution in [2.24, 2.45) is 0 Å². The fraction of sp³-hybridized carbons (Fsp3) is 0.500. The van der Waals surface area contributed by atoms with Crippen LogP contribution in [0, 0.1) is 13.8 Å². The van der Waals surface area contributed by atoms with E-state index < -0.39 is 23.5 Å². The normalized spacial score (nSPS) is 16.4. The molecule has 0 bridgehead atoms. The second-order valence-electron chi connectivity index (χ2n) is 8.81. The zero-order valence-electron chi connectivity index (χ0n) is 19.0. The third-order valence-electron chi connectivity index (χ3n) is 4.84. The minimum Gasteiger partial charge on any atom is -0.444 e. The zero-order chi connectivity index (χ0) is 23.5. The first-order valence-corrected chi connectivity index (χ1v) is 11.4. The molecule has 2 N–H and O–H groups in total. The van der Waals surface area contributed by atoms with E-state index in [0.29, 0.717) is 23.6 Å². The van der Waals surface area contributed by atoms with Crippen LogP contribution >= 0.6 is 11.3 Å². The van der Waals surface area contributed by atoms with Gasteiger partial charge in [-0.1, -0.05) is 0 Å². The fourth-order valence-electron chi connectivity index (χ4n) is 3.45. The number of carbonyl (C=O) groups is 3. The number of nitrogens with one attached hydrogen (secondary N) is 2. The average molecular weight is 460 g/mol. The van der Waals surface area contributed by atoms with E-state index in [9.17, 15) is 14.4 Å². The van der Waals surface area contributed by atoms with Gasteiger partial charge in [-0.3, -0.25) is 14.9 Å². The predicted octanol–water partition coefficient (Wildman–Crippen LogP) is 4.19. The molecule has 1 fully saturated rings. The largest absolute Gasteiger partial charge is 0.444 e. The third-order valence-corrected chi connectivity index (χ3v) is 5.90. The van der Waals surface area contributed by atoms with Crippen LogP contribution in [-0.2, 0) is 14.3 Å². The summed E-state index contributed by atoms with van der Waals surface area (Å²) >= 11 is 1.51. The van der Waals surface area contributed by atoms with Crippen molar-refractivity contribution in [2.75, 3.05) is 17.2 Å². The van der Waals surface area contributed by atoms with Gasteiger partial charge >= 0.3 is 17.9 Å². The van der Waals surface area contributed by atoms with E-state index in [1.807, 2.05) is 12.3 Å². The van der Waals surface area contributed by atoms with Crippen molar-refractivity contribution < 1.29 is 19.1 Å². The van der Waals surface area contributed by atoms with Crippen LogP contribution in [0.5, 0.6) is 0 Å². The quantitative estimate of drug-likeness (QED) is 0.665. The number of hydrogen-bond donors (Lipinski definition) is 2. The lowest BCUT2D eigenvalue weighted by atomic mass is 10.0. The molecular formula is C22H29N5O4S. The number of aromatic nitrogens is 2. The monoisotopic (exact) mass is 459 g/mol. The number of pyridine rings is 1. The van der Waals surface area contributed by atoms with Gasteiger partial charge in [0.05, 0.1) is 17.9 Å². The first-order valence-electron chi connectivity index (χ1n) is 10.5. The van der Waals surface area contributed by atoms with E-state index >= 15 is 0 Å². The van der Waals surface area contributed by atoms with Crippen LogP contribution in [-0.4, -0.2) is 44.9 Å². The molecule has 32 heavy (non-hydrogen) atoms. The second kappa shape index (κ2) is 9.64. The molecule has 3 rings (SSSR count). The maximum absolute atomic E-state index is 12.9. The summed E-state index contributed by atoms with van der Waals surface area (Å²) in [7, 11) is 0. The Morgan fingerprint density at radius 1 is 1.19 bits per heavy atom. The molecule has 0 radical (unpaired) electrons. The number of carbonyl (C=O) groups excluding carboxylic acids is 3. The lowest BCUT2D eigenvalue weighted by Crippen LogP contribution is -2.44. The van der Waals surface area contributed by atoms with Crippen molar-refractivity contribution in [3.05, 3.63) is 33.9 Å². The van der Waals surface area contributed by atoms with Gasteiger partial charge < -0.3 is 15.0 Å². The summed E-state index contributed by atoms with van der Waals surface area (Å²) in [4.78, 5) is 47.9. The highest BCUT2D eigenvalue weighted by Gasteiger charge is 2.33. The molecule has 2 aromatic rings. The average Bonchev–Trinajstić information content (AvgIpc) is 3.14. The summed E-state index contributed by atoms with van der Waals surface area (Å²) in [5.41, 5.74) is 1.27. The van der Waals surface area contributed by atoms with Crippen LogP contribution in [0.15, 0.2) is 17.6 Å². The summed E-state index contributed by atoms with van der Waals surface area (Å²) in [6.07, 6.45) is 3.41. The van der Waals surface area contributed by atoms with Gasteiger partial charge in [0.1, 0.15) is 16.4 Å². The topological polar surface area (TPSA) is 114 Å². The van der Waals surface area contributed by atoms with Crippen LogP contribution in [0.1, 0.15) is 62.3 Å². The lowest BCUT2D eigenvalue weighted by Gasteiger charge is -2.33. The summed E-state index contributed by atoms with van der Waals surface area (Å²) in [5, 5.41) is 8.02. The molecule has 2 aromatic heterocycles. The third kappa shape index (κ3) is 6.03. The summed E-state index contributed by atoms with van der Waals surface area (Å²) in [6.45, 7) is 9.48. The maximum Gasteiger partial charge on any atom is 0.413 e. The maximum atomic E-state index is 12.9. The first kappa shape index (κ1) is 23.6. The van der Waals surface area contributed by atoms with Crippen LogP contribution in [0.3, 0.4) is 0 Å². The van der Waals surface area contributed by atoms with Gasteiger partial charge in [0.25, 0.3) is 0 Å². The number of thiazole rings is 1. The Labute approximate surface area is 191 Å². The molecule has 3 amide bonds. The van der Waals surface area contributed by atoms with Crippen molar-refractivity contribution in [1.29, 1.82) is 0 Å². The van der Waals surface area contributed by atoms with E-state index in [4.69, 9.17) is 4.74 Å². The Morgan fingerprint density at radius 2 is 1.94 bits per heavy atom. The van der Waals surface area contributed by atoms with Gasteiger partial charge in [-0.2, -0.15) is 0 Å². The fourth-order valence-corrected chi connectivity index (χ4v) is 4.39. The Bertz CT molecular complexity index is 1010. The van der Waals surface area contributed by atoms with E-state index in [-0.39, 0.29) is 6.04 Å². The Balaban J connectivity index is 1.66. The number of hydrogen-bond acceptors (Lipinski definition) is 7. The minimum atomic E-state index is -0.723. The molecule has 1 unspecified atom stereocenters. The molecule has 3 heterocycles. The van der Waals surface area contributed by atoms with E-state index in [1.54, 1.807) is 38.7 Å². The van der Waals surface area contributed by atoms with Gasteiger partial charge in [-0.15, -0.1) is 11.3 Å². The summed E-state index contributed by atoms with van der Waals surface area (Å²) in [5.74, 6) is -0.991. The highest BCUT2D eigenvalue weighted by molar-refractivity contribution is 7.09. The number of piperidine rings is 1. The lowest BCUT2D eigenvalue weighted by molar-refractivity contribution is -0.145. The standard InChI is InChI=1S/C22H29N5O4S/c1-13-10-15(11-23-17(13)26-21(30)31-22(3,4)5)25-18(28)20(29)27-9-7-6-8-16(27)19-24-14(2)12-32-19/h10-12,16H,6-9H2,1-5H3,(H,25,28)(H,23,26,30). The molecule has 9 nitrogen and oxygen atoms in total. The zero-order valence-corrected chi connectivity index (χ0v) is 19.8. The van der Waals surface area contributed by atoms with Crippen molar-refractivity contribution in [3.63, 3.8) is 0 Å². The number of ether oxygens (including phenoxy) is 1. The van der Waals surface area contributed by atoms with Crippen molar-refractivity contribution in [2.45, 2.75) is 65.5 Å². The van der Waals surface area contributed by atoms with Crippen LogP contribution in [0.4, 0.5) is 16.3 Å². The molecule has 1 aliphatic heterocycles. The SMILES string of the molecule is Cc1csc(C2CCCCN2C(=O)C(=O)Nc2cnc(NC(=O)OC(C)(C)C)c(C)c2)n1. The molecular weight excluding hydrogens is 430 g/mol. The molecule has 1 aliphatic rings. The molecule has 172 valence electrons. The van der Waals surface area contributed by atoms with Gasteiger partial charge in [0.2, 0.25) is 0 Å². The number of rotatable bonds is 3.